The Bertz CT molecular complexity index is 608. The van der Waals surface area contributed by atoms with Crippen LogP contribution < -0.4 is 0 Å². The second-order valence-corrected chi connectivity index (χ2v) is 6.98. The molecule has 1 aliphatic heterocycles. The Balaban J connectivity index is 2.41. The average Bonchev–Trinajstić information content (AvgIpc) is 2.80. The third-order valence-electron chi connectivity index (χ3n) is 3.40. The van der Waals surface area contributed by atoms with Gasteiger partial charge in [-0.15, -0.1) is 0 Å². The van der Waals surface area contributed by atoms with Crippen molar-refractivity contribution in [3.05, 3.63) is 11.8 Å². The van der Waals surface area contributed by atoms with E-state index in [1.54, 1.807) is 7.05 Å². The number of aryl methyl sites for hydroxylation is 1. The molecule has 1 atom stereocenters. The summed E-state index contributed by atoms with van der Waals surface area (Å²) in [5, 5.41) is 3.72. The lowest BCUT2D eigenvalue weighted by Crippen LogP contribution is -2.39. The molecular formula is C12H19N3O4S. The van der Waals surface area contributed by atoms with Gasteiger partial charge in [-0.05, 0) is 18.8 Å². The van der Waals surface area contributed by atoms with Gasteiger partial charge in [0.25, 0.3) is 10.0 Å². The van der Waals surface area contributed by atoms with Gasteiger partial charge in [-0.2, -0.15) is 9.40 Å². The Morgan fingerprint density at radius 2 is 2.20 bits per heavy atom. The molecule has 7 nitrogen and oxygen atoms in total. The molecule has 0 aliphatic carbocycles. The molecule has 8 heteroatoms. The van der Waals surface area contributed by atoms with E-state index in [2.05, 4.69) is 9.84 Å². The summed E-state index contributed by atoms with van der Waals surface area (Å²) in [5.74, 6) is -0.384. The van der Waals surface area contributed by atoms with Gasteiger partial charge in [0.15, 0.2) is 0 Å². The average molecular weight is 301 g/mol. The highest BCUT2D eigenvalue weighted by Crippen LogP contribution is 2.24. The quantitative estimate of drug-likeness (QED) is 0.765. The first-order valence-corrected chi connectivity index (χ1v) is 7.92. The molecule has 0 spiro atoms. The molecule has 112 valence electrons. The van der Waals surface area contributed by atoms with Gasteiger partial charge in [0.2, 0.25) is 5.03 Å². The lowest BCUT2D eigenvalue weighted by atomic mass is 10.0. The molecule has 1 fully saturated rings. The number of nitrogens with zero attached hydrogens (tertiary/aromatic N) is 3. The molecule has 0 unspecified atom stereocenters. The summed E-state index contributed by atoms with van der Waals surface area (Å²) in [6.45, 7) is 2.94. The second-order valence-electron chi connectivity index (χ2n) is 5.12. The summed E-state index contributed by atoms with van der Waals surface area (Å²) in [5.41, 5.74) is -0.0202. The van der Waals surface area contributed by atoms with Gasteiger partial charge >= 0.3 is 5.97 Å². The number of ether oxygens (including phenoxy) is 1. The molecule has 0 bridgehead atoms. The summed E-state index contributed by atoms with van der Waals surface area (Å²) in [7, 11) is -0.969. The van der Waals surface area contributed by atoms with Crippen LogP contribution in [0.15, 0.2) is 11.2 Å². The molecule has 2 heterocycles. The van der Waals surface area contributed by atoms with E-state index < -0.39 is 16.0 Å². The van der Waals surface area contributed by atoms with E-state index in [9.17, 15) is 13.2 Å². The summed E-state index contributed by atoms with van der Waals surface area (Å²) in [6.07, 6.45) is 3.20. The fourth-order valence-corrected chi connectivity index (χ4v) is 4.11. The van der Waals surface area contributed by atoms with Gasteiger partial charge in [0.05, 0.1) is 7.11 Å². The molecule has 1 aliphatic rings. The van der Waals surface area contributed by atoms with Crippen LogP contribution in [-0.2, 0) is 21.8 Å². The second kappa shape index (κ2) is 5.53. The molecule has 0 N–H and O–H groups in total. The normalized spacial score (nSPS) is 20.9. The van der Waals surface area contributed by atoms with Crippen molar-refractivity contribution in [1.82, 2.24) is 14.1 Å². The lowest BCUT2D eigenvalue weighted by Gasteiger charge is -2.29. The number of hydrogen-bond donors (Lipinski definition) is 0. The fourth-order valence-electron chi connectivity index (χ4n) is 2.40. The highest BCUT2D eigenvalue weighted by molar-refractivity contribution is 7.89. The largest absolute Gasteiger partial charge is 0.465 e. The van der Waals surface area contributed by atoms with E-state index in [0.717, 1.165) is 12.8 Å². The molecule has 0 saturated carbocycles. The summed E-state index contributed by atoms with van der Waals surface area (Å²) in [4.78, 5) is 11.7. The zero-order valence-corrected chi connectivity index (χ0v) is 12.7. The number of esters is 1. The molecule has 0 aromatic carbocycles. The first-order valence-electron chi connectivity index (χ1n) is 6.48. The van der Waals surface area contributed by atoms with E-state index in [1.165, 1.54) is 22.3 Å². The maximum atomic E-state index is 12.6. The molecular weight excluding hydrogens is 282 g/mol. The third-order valence-corrected chi connectivity index (χ3v) is 5.21. The van der Waals surface area contributed by atoms with E-state index in [1.807, 2.05) is 6.92 Å². The van der Waals surface area contributed by atoms with E-state index in [-0.39, 0.29) is 10.6 Å². The van der Waals surface area contributed by atoms with Crippen LogP contribution in [0.5, 0.6) is 0 Å². The Morgan fingerprint density at radius 1 is 1.50 bits per heavy atom. The van der Waals surface area contributed by atoms with Crippen LogP contribution >= 0.6 is 0 Å². The highest BCUT2D eigenvalue weighted by atomic mass is 32.2. The van der Waals surface area contributed by atoms with Crippen molar-refractivity contribution in [3.63, 3.8) is 0 Å². The fraction of sp³-hybridized carbons (Fsp3) is 0.667. The van der Waals surface area contributed by atoms with Gasteiger partial charge in [-0.25, -0.2) is 13.2 Å². The van der Waals surface area contributed by atoms with Crippen molar-refractivity contribution in [3.8, 4) is 0 Å². The van der Waals surface area contributed by atoms with Gasteiger partial charge < -0.3 is 4.74 Å². The van der Waals surface area contributed by atoms with Crippen LogP contribution in [0.4, 0.5) is 0 Å². The van der Waals surface area contributed by atoms with Crippen LogP contribution in [0.1, 0.15) is 30.1 Å². The monoisotopic (exact) mass is 301 g/mol. The van der Waals surface area contributed by atoms with Crippen molar-refractivity contribution in [2.45, 2.75) is 24.8 Å². The smallest absolute Gasteiger partial charge is 0.342 e. The number of hydrogen-bond acceptors (Lipinski definition) is 5. The third kappa shape index (κ3) is 2.71. The van der Waals surface area contributed by atoms with Crippen LogP contribution in [-0.4, -0.2) is 48.7 Å². The minimum atomic E-state index is -3.76. The maximum absolute atomic E-state index is 12.6. The van der Waals surface area contributed by atoms with E-state index >= 15 is 0 Å². The Kier molecular flexibility index (Phi) is 4.14. The predicted molar refractivity (Wildman–Crippen MR) is 71.7 cm³/mol. The summed E-state index contributed by atoms with van der Waals surface area (Å²) in [6, 6.07) is 0. The number of aromatic nitrogens is 2. The minimum Gasteiger partial charge on any atom is -0.465 e. The molecule has 20 heavy (non-hydrogen) atoms. The molecule has 1 aromatic rings. The van der Waals surface area contributed by atoms with Crippen molar-refractivity contribution in [2.75, 3.05) is 20.2 Å². The Morgan fingerprint density at radius 3 is 2.80 bits per heavy atom. The van der Waals surface area contributed by atoms with Crippen molar-refractivity contribution < 1.29 is 17.9 Å². The van der Waals surface area contributed by atoms with Gasteiger partial charge in [-0.3, -0.25) is 4.68 Å². The predicted octanol–water partition coefficient (Wildman–Crippen LogP) is 0.627. The summed E-state index contributed by atoms with van der Waals surface area (Å²) < 4.78 is 32.6. The minimum absolute atomic E-state index is 0.0202. The van der Waals surface area contributed by atoms with Gasteiger partial charge in [0, 0.05) is 26.3 Å². The molecule has 2 rings (SSSR count). The Hall–Kier alpha value is -1.41. The van der Waals surface area contributed by atoms with Crippen molar-refractivity contribution in [1.29, 1.82) is 0 Å². The van der Waals surface area contributed by atoms with Crippen molar-refractivity contribution in [2.24, 2.45) is 13.0 Å². The maximum Gasteiger partial charge on any atom is 0.342 e. The number of piperidine rings is 1. The number of methoxy groups -OCH3 is 1. The number of sulfonamides is 1. The summed E-state index contributed by atoms with van der Waals surface area (Å²) >= 11 is 0. The highest BCUT2D eigenvalue weighted by Gasteiger charge is 2.34. The topological polar surface area (TPSA) is 81.5 Å². The molecule has 0 radical (unpaired) electrons. The van der Waals surface area contributed by atoms with Crippen LogP contribution in [0, 0.1) is 5.92 Å². The van der Waals surface area contributed by atoms with Crippen LogP contribution in [0.3, 0.4) is 0 Å². The molecule has 1 saturated heterocycles. The van der Waals surface area contributed by atoms with E-state index in [4.69, 9.17) is 0 Å². The molecule has 0 amide bonds. The van der Waals surface area contributed by atoms with E-state index in [0.29, 0.717) is 19.0 Å². The zero-order valence-electron chi connectivity index (χ0n) is 11.9. The van der Waals surface area contributed by atoms with Gasteiger partial charge in [0.1, 0.15) is 5.56 Å². The SMILES string of the molecule is COC(=O)c1cn(C)nc1S(=O)(=O)N1CCC[C@H](C)C1. The van der Waals surface area contributed by atoms with Crippen molar-refractivity contribution >= 4 is 16.0 Å². The van der Waals surface area contributed by atoms with Crippen LogP contribution in [0.25, 0.3) is 0 Å². The lowest BCUT2D eigenvalue weighted by molar-refractivity contribution is 0.0596. The molecule has 1 aromatic heterocycles. The zero-order chi connectivity index (χ0) is 14.9. The number of rotatable bonds is 3. The standard InChI is InChI=1S/C12H19N3O4S/c1-9-5-4-6-15(7-9)20(17,18)11-10(12(16)19-3)8-14(2)13-11/h8-9H,4-7H2,1-3H3/t9-/m0/s1. The first-order chi connectivity index (χ1) is 9.36. The first kappa shape index (κ1) is 15.0. The van der Waals surface area contributed by atoms with Gasteiger partial charge in [-0.1, -0.05) is 6.92 Å². The number of carbonyl (C=O) groups is 1. The Labute approximate surface area is 118 Å². The van der Waals surface area contributed by atoms with Crippen LogP contribution in [0.2, 0.25) is 0 Å². The number of carbonyl (C=O) groups excluding carboxylic acids is 1.